The highest BCUT2D eigenvalue weighted by atomic mass is 19.1. The highest BCUT2D eigenvalue weighted by Gasteiger charge is 2.53. The van der Waals surface area contributed by atoms with Gasteiger partial charge in [-0.05, 0) is 24.5 Å². The Morgan fingerprint density at radius 3 is 2.36 bits per heavy atom. The maximum Gasteiger partial charge on any atom is 0.233 e. The second-order valence-corrected chi connectivity index (χ2v) is 7.54. The molecule has 2 aliphatic rings. The fourth-order valence-corrected chi connectivity index (χ4v) is 4.38. The molecule has 1 amide bonds. The van der Waals surface area contributed by atoms with Crippen molar-refractivity contribution in [2.75, 3.05) is 33.4 Å². The van der Waals surface area contributed by atoms with Gasteiger partial charge in [-0.3, -0.25) is 4.79 Å². The average Bonchev–Trinajstić information content (AvgIpc) is 2.69. The van der Waals surface area contributed by atoms with Crippen molar-refractivity contribution in [2.24, 2.45) is 0 Å². The molecule has 0 radical (unpaired) electrons. The smallest absolute Gasteiger partial charge is 0.233 e. The largest absolute Gasteiger partial charge is 0.381 e. The van der Waals surface area contributed by atoms with Crippen molar-refractivity contribution in [2.45, 2.75) is 23.9 Å². The predicted octanol–water partition coefficient (Wildman–Crippen LogP) is 3.40. The lowest BCUT2D eigenvalue weighted by Crippen LogP contribution is -2.66. The fourth-order valence-electron chi connectivity index (χ4n) is 4.38. The van der Waals surface area contributed by atoms with Crippen LogP contribution in [0.5, 0.6) is 0 Å². The lowest BCUT2D eigenvalue weighted by molar-refractivity contribution is -0.173. The number of halogens is 2. The number of carbonyl (C=O) groups is 1. The molecule has 2 heterocycles. The summed E-state index contributed by atoms with van der Waals surface area (Å²) in [5, 5.41) is 0. The Bertz CT molecular complexity index is 859. The minimum atomic E-state index is -1.04. The molecule has 4 rings (SSSR count). The van der Waals surface area contributed by atoms with Crippen LogP contribution in [0.15, 0.2) is 48.5 Å². The minimum Gasteiger partial charge on any atom is -0.381 e. The summed E-state index contributed by atoms with van der Waals surface area (Å²) in [7, 11) is 1.64. The van der Waals surface area contributed by atoms with Crippen molar-refractivity contribution in [3.63, 3.8) is 0 Å². The second kappa shape index (κ2) is 7.26. The lowest BCUT2D eigenvalue weighted by Gasteiger charge is -2.52. The molecule has 2 aromatic rings. The number of hydrogen-bond donors (Lipinski definition) is 0. The first kappa shape index (κ1) is 19.0. The Morgan fingerprint density at radius 1 is 1.07 bits per heavy atom. The van der Waals surface area contributed by atoms with Crippen LogP contribution in [-0.4, -0.2) is 44.2 Å². The van der Waals surface area contributed by atoms with Gasteiger partial charge in [0, 0.05) is 32.0 Å². The number of benzene rings is 2. The van der Waals surface area contributed by atoms with Gasteiger partial charge in [-0.15, -0.1) is 0 Å². The molecule has 0 atom stereocenters. The van der Waals surface area contributed by atoms with E-state index < -0.39 is 22.7 Å². The maximum absolute atomic E-state index is 14.6. The van der Waals surface area contributed by atoms with Gasteiger partial charge in [-0.2, -0.15) is 0 Å². The molecule has 2 aliphatic heterocycles. The zero-order chi connectivity index (χ0) is 19.8. The van der Waals surface area contributed by atoms with Gasteiger partial charge >= 0.3 is 0 Å². The van der Waals surface area contributed by atoms with E-state index in [0.29, 0.717) is 39.1 Å². The molecule has 28 heavy (non-hydrogen) atoms. The van der Waals surface area contributed by atoms with Gasteiger partial charge in [-0.1, -0.05) is 36.4 Å². The molecule has 2 aromatic carbocycles. The summed E-state index contributed by atoms with van der Waals surface area (Å²) in [6.45, 7) is 1.53. The summed E-state index contributed by atoms with van der Waals surface area (Å²) in [5.74, 6) is -1.48. The lowest BCUT2D eigenvalue weighted by atomic mass is 9.71. The topological polar surface area (TPSA) is 38.8 Å². The number of methoxy groups -OCH3 is 1. The Kier molecular flexibility index (Phi) is 4.93. The molecule has 0 aromatic heterocycles. The third-order valence-electron chi connectivity index (χ3n) is 6.07. The Labute approximate surface area is 163 Å². The van der Waals surface area contributed by atoms with Gasteiger partial charge in [-0.25, -0.2) is 8.78 Å². The zero-order valence-corrected chi connectivity index (χ0v) is 15.8. The van der Waals surface area contributed by atoms with Crippen molar-refractivity contribution < 1.29 is 23.0 Å². The average molecular weight is 387 g/mol. The molecular formula is C22H23F2NO3. The number of ether oxygens (including phenoxy) is 2. The number of rotatable bonds is 4. The van der Waals surface area contributed by atoms with E-state index in [1.807, 2.05) is 30.3 Å². The van der Waals surface area contributed by atoms with Crippen LogP contribution in [0.3, 0.4) is 0 Å². The van der Waals surface area contributed by atoms with E-state index in [1.54, 1.807) is 12.0 Å². The third kappa shape index (κ3) is 3.01. The van der Waals surface area contributed by atoms with E-state index in [9.17, 15) is 13.6 Å². The van der Waals surface area contributed by atoms with Crippen LogP contribution in [0.25, 0.3) is 0 Å². The number of amides is 1. The van der Waals surface area contributed by atoms with Crippen LogP contribution < -0.4 is 0 Å². The minimum absolute atomic E-state index is 0.148. The molecule has 0 bridgehead atoms. The molecule has 0 saturated carbocycles. The Hall–Kier alpha value is -2.31. The highest BCUT2D eigenvalue weighted by molar-refractivity contribution is 5.89. The molecule has 2 fully saturated rings. The van der Waals surface area contributed by atoms with E-state index in [-0.39, 0.29) is 11.5 Å². The first-order valence-electron chi connectivity index (χ1n) is 9.44. The maximum atomic E-state index is 14.6. The van der Waals surface area contributed by atoms with Gasteiger partial charge in [0.25, 0.3) is 0 Å². The summed E-state index contributed by atoms with van der Waals surface area (Å²) in [6, 6.07) is 13.2. The van der Waals surface area contributed by atoms with Crippen LogP contribution in [0, 0.1) is 11.6 Å². The predicted molar refractivity (Wildman–Crippen MR) is 99.8 cm³/mol. The van der Waals surface area contributed by atoms with Crippen LogP contribution in [0.4, 0.5) is 8.78 Å². The second-order valence-electron chi connectivity index (χ2n) is 7.54. The molecule has 0 spiro atoms. The fraction of sp³-hybridized carbons (Fsp3) is 0.409. The summed E-state index contributed by atoms with van der Waals surface area (Å²) in [6.07, 6.45) is 0.742. The number of nitrogens with zero attached hydrogens (tertiary/aromatic N) is 1. The first-order chi connectivity index (χ1) is 13.5. The van der Waals surface area contributed by atoms with E-state index in [4.69, 9.17) is 9.47 Å². The summed E-state index contributed by atoms with van der Waals surface area (Å²) >= 11 is 0. The Morgan fingerprint density at radius 2 is 1.75 bits per heavy atom. The number of likely N-dealkylation sites (tertiary alicyclic amines) is 1. The first-order valence-corrected chi connectivity index (χ1v) is 9.44. The van der Waals surface area contributed by atoms with Crippen molar-refractivity contribution in [3.05, 3.63) is 71.3 Å². The number of hydrogen-bond acceptors (Lipinski definition) is 3. The summed E-state index contributed by atoms with van der Waals surface area (Å²) < 4.78 is 39.3. The molecule has 0 N–H and O–H groups in total. The highest BCUT2D eigenvalue weighted by Crippen LogP contribution is 2.43. The summed E-state index contributed by atoms with van der Waals surface area (Å²) in [5.41, 5.74) is -0.329. The molecule has 6 heteroatoms. The van der Waals surface area contributed by atoms with Crippen molar-refractivity contribution in [3.8, 4) is 0 Å². The van der Waals surface area contributed by atoms with Gasteiger partial charge in [0.2, 0.25) is 5.91 Å². The third-order valence-corrected chi connectivity index (χ3v) is 6.07. The van der Waals surface area contributed by atoms with Crippen molar-refractivity contribution in [1.82, 2.24) is 4.90 Å². The van der Waals surface area contributed by atoms with E-state index in [0.717, 1.165) is 11.6 Å². The van der Waals surface area contributed by atoms with Gasteiger partial charge < -0.3 is 14.4 Å². The van der Waals surface area contributed by atoms with Crippen LogP contribution >= 0.6 is 0 Å². The van der Waals surface area contributed by atoms with Crippen LogP contribution in [-0.2, 0) is 25.3 Å². The molecule has 0 unspecified atom stereocenters. The SMILES string of the molecule is COC1(c2ccccc2)CN(C(=O)C2(c3ccc(F)cc3F)CCOCC2)C1. The zero-order valence-electron chi connectivity index (χ0n) is 15.8. The normalized spacial score (nSPS) is 20.5. The van der Waals surface area contributed by atoms with Crippen molar-refractivity contribution in [1.29, 1.82) is 0 Å². The quantitative estimate of drug-likeness (QED) is 0.807. The summed E-state index contributed by atoms with van der Waals surface area (Å²) in [4.78, 5) is 15.2. The van der Waals surface area contributed by atoms with Gasteiger partial charge in [0.1, 0.15) is 17.2 Å². The van der Waals surface area contributed by atoms with E-state index in [2.05, 4.69) is 0 Å². The molecule has 4 nitrogen and oxygen atoms in total. The van der Waals surface area contributed by atoms with Crippen LogP contribution in [0.2, 0.25) is 0 Å². The van der Waals surface area contributed by atoms with Gasteiger partial charge in [0.15, 0.2) is 0 Å². The molecule has 148 valence electrons. The van der Waals surface area contributed by atoms with Crippen LogP contribution in [0.1, 0.15) is 24.0 Å². The molecular weight excluding hydrogens is 364 g/mol. The Balaban J connectivity index is 1.63. The van der Waals surface area contributed by atoms with E-state index >= 15 is 0 Å². The van der Waals surface area contributed by atoms with Crippen molar-refractivity contribution >= 4 is 5.91 Å². The van der Waals surface area contributed by atoms with E-state index in [1.165, 1.54) is 12.1 Å². The number of carbonyl (C=O) groups excluding carboxylic acids is 1. The molecule has 2 saturated heterocycles. The molecule has 0 aliphatic carbocycles. The van der Waals surface area contributed by atoms with Gasteiger partial charge in [0.05, 0.1) is 18.5 Å². The standard InChI is InChI=1S/C22H23F2NO3/c1-27-22(16-5-3-2-4-6-16)14-25(15-22)20(26)21(9-11-28-12-10-21)18-8-7-17(23)13-19(18)24/h2-8,13H,9-12,14-15H2,1H3. The monoisotopic (exact) mass is 387 g/mol.